The topological polar surface area (TPSA) is 77.7 Å². The van der Waals surface area contributed by atoms with Gasteiger partial charge in [0.2, 0.25) is 0 Å². The number of pyridine rings is 1. The molecule has 7 nitrogen and oxygen atoms in total. The van der Waals surface area contributed by atoms with Gasteiger partial charge in [0.25, 0.3) is 5.91 Å². The Morgan fingerprint density at radius 2 is 1.80 bits per heavy atom. The Kier molecular flexibility index (Phi) is 5.86. The molecule has 2 aromatic heterocycles. The first-order valence-corrected chi connectivity index (χ1v) is 10.6. The Morgan fingerprint density at radius 3 is 2.54 bits per heavy atom. The zero-order valence-electron chi connectivity index (χ0n) is 18.2. The summed E-state index contributed by atoms with van der Waals surface area (Å²) in [7, 11) is 0. The van der Waals surface area contributed by atoms with Crippen LogP contribution in [0.3, 0.4) is 0 Å². The summed E-state index contributed by atoms with van der Waals surface area (Å²) in [5, 5.41) is 4.06. The standard InChI is InChI=1S/C25H18F3N3O4/c26-25(27,28)34-19-7-4-16(5-8-19)17-6-9-22-20(13-17)24(32)31(11-12-33-22)15-18-14-23(35-30-18)21-3-1-2-10-29-21/h1-10,13-14H,11-12,15H2. The van der Waals surface area contributed by atoms with Crippen LogP contribution in [0.1, 0.15) is 16.1 Å². The first-order chi connectivity index (χ1) is 16.9. The number of amides is 1. The summed E-state index contributed by atoms with van der Waals surface area (Å²) < 4.78 is 52.3. The lowest BCUT2D eigenvalue weighted by atomic mass is 10.0. The van der Waals surface area contributed by atoms with E-state index in [4.69, 9.17) is 9.26 Å². The van der Waals surface area contributed by atoms with E-state index in [1.54, 1.807) is 47.5 Å². The molecule has 0 fully saturated rings. The van der Waals surface area contributed by atoms with Gasteiger partial charge in [-0.25, -0.2) is 0 Å². The maximum absolute atomic E-state index is 13.3. The molecule has 10 heteroatoms. The molecular formula is C25H18F3N3O4. The minimum absolute atomic E-state index is 0.214. The van der Waals surface area contributed by atoms with Gasteiger partial charge in [0.15, 0.2) is 5.76 Å². The Hall–Kier alpha value is -4.34. The van der Waals surface area contributed by atoms with Gasteiger partial charge in [0.1, 0.15) is 29.5 Å². The van der Waals surface area contributed by atoms with E-state index in [1.807, 2.05) is 6.07 Å². The minimum Gasteiger partial charge on any atom is -0.491 e. The molecule has 0 aliphatic carbocycles. The largest absolute Gasteiger partial charge is 0.573 e. The van der Waals surface area contributed by atoms with Crippen LogP contribution in [0.25, 0.3) is 22.6 Å². The molecule has 0 bridgehead atoms. The van der Waals surface area contributed by atoms with Crippen LogP contribution in [0.4, 0.5) is 13.2 Å². The molecule has 4 aromatic rings. The van der Waals surface area contributed by atoms with Crippen LogP contribution in [0.5, 0.6) is 11.5 Å². The molecule has 1 amide bonds. The monoisotopic (exact) mass is 481 g/mol. The van der Waals surface area contributed by atoms with Gasteiger partial charge in [-0.2, -0.15) is 0 Å². The van der Waals surface area contributed by atoms with Crippen LogP contribution in [-0.4, -0.2) is 40.5 Å². The number of carbonyl (C=O) groups is 1. The molecule has 3 heterocycles. The molecule has 0 saturated heterocycles. The molecule has 0 saturated carbocycles. The third kappa shape index (κ3) is 5.11. The van der Waals surface area contributed by atoms with Crippen LogP contribution in [0.2, 0.25) is 0 Å². The minimum atomic E-state index is -4.76. The fourth-order valence-electron chi connectivity index (χ4n) is 3.75. The quantitative estimate of drug-likeness (QED) is 0.383. The van der Waals surface area contributed by atoms with Crippen molar-refractivity contribution in [3.63, 3.8) is 0 Å². The molecule has 178 valence electrons. The average Bonchev–Trinajstić information content (AvgIpc) is 3.26. The third-order valence-corrected chi connectivity index (χ3v) is 5.37. The van der Waals surface area contributed by atoms with Gasteiger partial charge in [0.05, 0.1) is 18.7 Å². The third-order valence-electron chi connectivity index (χ3n) is 5.37. The van der Waals surface area contributed by atoms with Crippen molar-refractivity contribution in [2.75, 3.05) is 13.2 Å². The molecule has 2 aromatic carbocycles. The molecule has 5 rings (SSSR count). The molecule has 0 N–H and O–H groups in total. The van der Waals surface area contributed by atoms with E-state index in [0.29, 0.717) is 52.7 Å². The maximum atomic E-state index is 13.3. The number of hydrogen-bond acceptors (Lipinski definition) is 6. The van der Waals surface area contributed by atoms with Crippen molar-refractivity contribution in [3.8, 4) is 34.1 Å². The summed E-state index contributed by atoms with van der Waals surface area (Å²) >= 11 is 0. The van der Waals surface area contributed by atoms with Crippen LogP contribution in [0, 0.1) is 0 Å². The van der Waals surface area contributed by atoms with Gasteiger partial charge in [-0.1, -0.05) is 29.4 Å². The second-order valence-electron chi connectivity index (χ2n) is 7.76. The van der Waals surface area contributed by atoms with Gasteiger partial charge < -0.3 is 18.9 Å². The summed E-state index contributed by atoms with van der Waals surface area (Å²) in [6.45, 7) is 0.857. The van der Waals surface area contributed by atoms with Crippen LogP contribution >= 0.6 is 0 Å². The number of halogens is 3. The van der Waals surface area contributed by atoms with E-state index in [-0.39, 0.29) is 18.2 Å². The average molecular weight is 481 g/mol. The normalized spacial score (nSPS) is 13.7. The lowest BCUT2D eigenvalue weighted by Crippen LogP contribution is -2.32. The summed E-state index contributed by atoms with van der Waals surface area (Å²) in [6.07, 6.45) is -3.11. The lowest BCUT2D eigenvalue weighted by molar-refractivity contribution is -0.274. The van der Waals surface area contributed by atoms with Gasteiger partial charge in [0, 0.05) is 12.3 Å². The van der Waals surface area contributed by atoms with Crippen molar-refractivity contribution in [2.45, 2.75) is 12.9 Å². The summed E-state index contributed by atoms with van der Waals surface area (Å²) in [6, 6.07) is 17.7. The SMILES string of the molecule is O=C1c2cc(-c3ccc(OC(F)(F)F)cc3)ccc2OCCN1Cc1cc(-c2ccccn2)on1. The van der Waals surface area contributed by atoms with Crippen molar-refractivity contribution < 1.29 is 32.0 Å². The predicted molar refractivity (Wildman–Crippen MR) is 119 cm³/mol. The Labute approximate surface area is 197 Å². The highest BCUT2D eigenvalue weighted by molar-refractivity contribution is 5.98. The fourth-order valence-corrected chi connectivity index (χ4v) is 3.75. The van der Waals surface area contributed by atoms with E-state index in [1.165, 1.54) is 24.3 Å². The number of aromatic nitrogens is 2. The number of hydrogen-bond donors (Lipinski definition) is 0. The van der Waals surface area contributed by atoms with E-state index in [2.05, 4.69) is 14.9 Å². The second-order valence-corrected chi connectivity index (χ2v) is 7.76. The fraction of sp³-hybridized carbons (Fsp3) is 0.160. The van der Waals surface area contributed by atoms with E-state index in [9.17, 15) is 18.0 Å². The van der Waals surface area contributed by atoms with Crippen molar-refractivity contribution in [3.05, 3.63) is 84.2 Å². The number of carbonyl (C=O) groups excluding carboxylic acids is 1. The number of nitrogens with zero attached hydrogens (tertiary/aromatic N) is 3. The second kappa shape index (κ2) is 9.13. The van der Waals surface area contributed by atoms with Gasteiger partial charge in [-0.3, -0.25) is 9.78 Å². The molecule has 0 radical (unpaired) electrons. The number of ether oxygens (including phenoxy) is 2. The van der Waals surface area contributed by atoms with Gasteiger partial charge in [-0.05, 0) is 47.5 Å². The van der Waals surface area contributed by atoms with Crippen LogP contribution in [0.15, 0.2) is 77.4 Å². The van der Waals surface area contributed by atoms with Crippen molar-refractivity contribution in [1.29, 1.82) is 0 Å². The predicted octanol–water partition coefficient (Wildman–Crippen LogP) is 5.34. The zero-order chi connectivity index (χ0) is 24.4. The molecule has 1 aliphatic heterocycles. The molecule has 35 heavy (non-hydrogen) atoms. The highest BCUT2D eigenvalue weighted by atomic mass is 19.4. The number of alkyl halides is 3. The van der Waals surface area contributed by atoms with Gasteiger partial charge >= 0.3 is 6.36 Å². The molecule has 0 unspecified atom stereocenters. The molecule has 0 spiro atoms. The Morgan fingerprint density at radius 1 is 1.00 bits per heavy atom. The number of fused-ring (bicyclic) bond motifs is 1. The number of rotatable bonds is 5. The Bertz CT molecular complexity index is 1340. The van der Waals surface area contributed by atoms with Crippen LogP contribution < -0.4 is 9.47 Å². The zero-order valence-corrected chi connectivity index (χ0v) is 18.2. The molecular weight excluding hydrogens is 463 g/mol. The summed E-state index contributed by atoms with van der Waals surface area (Å²) in [5.41, 5.74) is 2.84. The van der Waals surface area contributed by atoms with Crippen molar-refractivity contribution >= 4 is 5.91 Å². The first kappa shape index (κ1) is 22.5. The molecule has 1 aliphatic rings. The van der Waals surface area contributed by atoms with Crippen molar-refractivity contribution in [1.82, 2.24) is 15.0 Å². The summed E-state index contributed by atoms with van der Waals surface area (Å²) in [5.74, 6) is 0.366. The smallest absolute Gasteiger partial charge is 0.491 e. The highest BCUT2D eigenvalue weighted by Gasteiger charge is 2.31. The van der Waals surface area contributed by atoms with E-state index in [0.717, 1.165) is 0 Å². The first-order valence-electron chi connectivity index (χ1n) is 10.6. The Balaban J connectivity index is 1.36. The van der Waals surface area contributed by atoms with Crippen LogP contribution in [-0.2, 0) is 6.54 Å². The van der Waals surface area contributed by atoms with Gasteiger partial charge in [-0.15, -0.1) is 13.2 Å². The number of benzene rings is 2. The summed E-state index contributed by atoms with van der Waals surface area (Å²) in [4.78, 5) is 19.2. The van der Waals surface area contributed by atoms with E-state index < -0.39 is 6.36 Å². The highest BCUT2D eigenvalue weighted by Crippen LogP contribution is 2.32. The van der Waals surface area contributed by atoms with E-state index >= 15 is 0 Å². The lowest BCUT2D eigenvalue weighted by Gasteiger charge is -2.18. The van der Waals surface area contributed by atoms with Crippen molar-refractivity contribution in [2.24, 2.45) is 0 Å². The molecule has 0 atom stereocenters. The maximum Gasteiger partial charge on any atom is 0.573 e.